The van der Waals surface area contributed by atoms with Crippen LogP contribution in [0.1, 0.15) is 16.8 Å². The van der Waals surface area contributed by atoms with E-state index >= 15 is 0 Å². The minimum absolute atomic E-state index is 0. The number of aryl methyl sites for hydroxylation is 1. The highest BCUT2D eigenvalue weighted by atomic mass is 35.5. The van der Waals surface area contributed by atoms with Gasteiger partial charge in [-0.2, -0.15) is 0 Å². The number of fused-ring (bicyclic) bond motifs is 1. The molecular formula is C9H14Cl2N2. The number of hydrogen-bond donors (Lipinski definition) is 1. The largest absolute Gasteiger partial charge is 0.312 e. The number of hydrogen-bond acceptors (Lipinski definition) is 2. The molecule has 0 amide bonds. The Hall–Kier alpha value is -0.310. The summed E-state index contributed by atoms with van der Waals surface area (Å²) in [6.45, 7) is 4.20. The van der Waals surface area contributed by atoms with Crippen molar-refractivity contribution in [1.82, 2.24) is 10.3 Å². The van der Waals surface area contributed by atoms with Gasteiger partial charge in [0.2, 0.25) is 0 Å². The van der Waals surface area contributed by atoms with E-state index < -0.39 is 0 Å². The van der Waals surface area contributed by atoms with Gasteiger partial charge in [0.15, 0.2) is 0 Å². The molecule has 1 aliphatic rings. The Morgan fingerprint density at radius 3 is 2.85 bits per heavy atom. The molecule has 0 atom stereocenters. The van der Waals surface area contributed by atoms with Crippen LogP contribution in [-0.2, 0) is 13.0 Å². The fourth-order valence-corrected chi connectivity index (χ4v) is 1.59. The highest BCUT2D eigenvalue weighted by molar-refractivity contribution is 5.85. The number of halogens is 2. The van der Waals surface area contributed by atoms with Crippen LogP contribution in [0.4, 0.5) is 0 Å². The summed E-state index contributed by atoms with van der Waals surface area (Å²) in [5.74, 6) is 0. The first-order chi connectivity index (χ1) is 5.38. The number of aromatic nitrogens is 1. The number of pyridine rings is 1. The van der Waals surface area contributed by atoms with Gasteiger partial charge in [-0.05, 0) is 37.1 Å². The van der Waals surface area contributed by atoms with Crippen molar-refractivity contribution >= 4 is 24.8 Å². The molecule has 0 aromatic carbocycles. The lowest BCUT2D eigenvalue weighted by atomic mass is 10.0. The second-order valence-electron chi connectivity index (χ2n) is 2.96. The van der Waals surface area contributed by atoms with Gasteiger partial charge in [0, 0.05) is 18.4 Å². The third kappa shape index (κ3) is 2.56. The van der Waals surface area contributed by atoms with E-state index in [4.69, 9.17) is 0 Å². The monoisotopic (exact) mass is 220 g/mol. The predicted molar refractivity (Wildman–Crippen MR) is 58.9 cm³/mol. The van der Waals surface area contributed by atoms with Crippen LogP contribution in [0.25, 0.3) is 0 Å². The van der Waals surface area contributed by atoms with Crippen LogP contribution in [0.3, 0.4) is 0 Å². The Morgan fingerprint density at radius 2 is 2.15 bits per heavy atom. The zero-order chi connectivity index (χ0) is 7.68. The SMILES string of the molecule is Cc1nccc2c1CCNC2.Cl.Cl. The Balaban J connectivity index is 0.000000720. The molecule has 1 N–H and O–H groups in total. The molecule has 0 spiro atoms. The highest BCUT2D eigenvalue weighted by Crippen LogP contribution is 2.14. The minimum Gasteiger partial charge on any atom is -0.312 e. The summed E-state index contributed by atoms with van der Waals surface area (Å²) in [5.41, 5.74) is 4.07. The van der Waals surface area contributed by atoms with E-state index in [0.29, 0.717) is 0 Å². The first-order valence-electron chi connectivity index (χ1n) is 4.02. The molecule has 0 radical (unpaired) electrons. The number of nitrogens with zero attached hydrogens (tertiary/aromatic N) is 1. The van der Waals surface area contributed by atoms with Crippen molar-refractivity contribution < 1.29 is 0 Å². The van der Waals surface area contributed by atoms with Crippen molar-refractivity contribution in [3.63, 3.8) is 0 Å². The van der Waals surface area contributed by atoms with Gasteiger partial charge < -0.3 is 5.32 Å². The van der Waals surface area contributed by atoms with Crippen LogP contribution in [0.2, 0.25) is 0 Å². The van der Waals surface area contributed by atoms with Gasteiger partial charge in [-0.15, -0.1) is 24.8 Å². The topological polar surface area (TPSA) is 24.9 Å². The summed E-state index contributed by atoms with van der Waals surface area (Å²) in [5, 5.41) is 3.34. The molecule has 4 heteroatoms. The Labute approximate surface area is 91.0 Å². The Kier molecular flexibility index (Phi) is 5.30. The molecule has 0 saturated heterocycles. The number of nitrogens with one attached hydrogen (secondary N) is 1. The van der Waals surface area contributed by atoms with Crippen LogP contribution in [0, 0.1) is 6.92 Å². The second kappa shape index (κ2) is 5.43. The smallest absolute Gasteiger partial charge is 0.0408 e. The highest BCUT2D eigenvalue weighted by Gasteiger charge is 2.09. The molecule has 0 saturated carbocycles. The zero-order valence-electron chi connectivity index (χ0n) is 7.54. The summed E-state index contributed by atoms with van der Waals surface area (Å²) in [7, 11) is 0. The molecule has 1 aromatic heterocycles. The summed E-state index contributed by atoms with van der Waals surface area (Å²) in [4.78, 5) is 4.26. The van der Waals surface area contributed by atoms with Gasteiger partial charge in [-0.3, -0.25) is 4.98 Å². The molecule has 2 rings (SSSR count). The quantitative estimate of drug-likeness (QED) is 0.723. The van der Waals surface area contributed by atoms with Crippen molar-refractivity contribution in [1.29, 1.82) is 0 Å². The van der Waals surface area contributed by atoms with E-state index in [1.165, 1.54) is 16.8 Å². The molecule has 0 bridgehead atoms. The molecule has 1 aliphatic heterocycles. The zero-order valence-corrected chi connectivity index (χ0v) is 9.17. The summed E-state index contributed by atoms with van der Waals surface area (Å²) in [6, 6.07) is 2.11. The average Bonchev–Trinajstić information content (AvgIpc) is 2.06. The van der Waals surface area contributed by atoms with Crippen molar-refractivity contribution in [3.8, 4) is 0 Å². The lowest BCUT2D eigenvalue weighted by Crippen LogP contribution is -2.24. The minimum atomic E-state index is 0. The molecule has 2 nitrogen and oxygen atoms in total. The summed E-state index contributed by atoms with van der Waals surface area (Å²) >= 11 is 0. The van der Waals surface area contributed by atoms with Gasteiger partial charge in [0.1, 0.15) is 0 Å². The van der Waals surface area contributed by atoms with Gasteiger partial charge in [0.05, 0.1) is 0 Å². The van der Waals surface area contributed by atoms with Gasteiger partial charge in [0.25, 0.3) is 0 Å². The molecule has 2 heterocycles. The molecule has 0 unspecified atom stereocenters. The summed E-state index contributed by atoms with van der Waals surface area (Å²) < 4.78 is 0. The lowest BCUT2D eigenvalue weighted by molar-refractivity contribution is 0.637. The van der Waals surface area contributed by atoms with Crippen molar-refractivity contribution in [2.75, 3.05) is 6.54 Å². The van der Waals surface area contributed by atoms with Crippen molar-refractivity contribution in [2.24, 2.45) is 0 Å². The standard InChI is InChI=1S/C9H12N2.2ClH/c1-7-9-3-4-10-6-8(9)2-5-11-7;;/h2,5,10H,3-4,6H2,1H3;2*1H. The van der Waals surface area contributed by atoms with E-state index in [9.17, 15) is 0 Å². The predicted octanol–water partition coefficient (Wildman–Crippen LogP) is 1.88. The second-order valence-corrected chi connectivity index (χ2v) is 2.96. The van der Waals surface area contributed by atoms with E-state index in [0.717, 1.165) is 19.5 Å². The van der Waals surface area contributed by atoms with E-state index in [2.05, 4.69) is 23.3 Å². The first-order valence-corrected chi connectivity index (χ1v) is 4.02. The van der Waals surface area contributed by atoms with E-state index in [1.807, 2.05) is 6.20 Å². The maximum atomic E-state index is 4.26. The average molecular weight is 221 g/mol. The third-order valence-corrected chi connectivity index (χ3v) is 2.24. The van der Waals surface area contributed by atoms with Crippen LogP contribution >= 0.6 is 24.8 Å². The van der Waals surface area contributed by atoms with Gasteiger partial charge in [-0.25, -0.2) is 0 Å². The fourth-order valence-electron chi connectivity index (χ4n) is 1.59. The fraction of sp³-hybridized carbons (Fsp3) is 0.444. The van der Waals surface area contributed by atoms with Gasteiger partial charge >= 0.3 is 0 Å². The molecule has 0 fully saturated rings. The van der Waals surface area contributed by atoms with Crippen molar-refractivity contribution in [2.45, 2.75) is 19.9 Å². The normalized spacial score (nSPS) is 13.6. The molecule has 13 heavy (non-hydrogen) atoms. The molecular weight excluding hydrogens is 207 g/mol. The van der Waals surface area contributed by atoms with Crippen LogP contribution < -0.4 is 5.32 Å². The van der Waals surface area contributed by atoms with Crippen LogP contribution in [0.5, 0.6) is 0 Å². The van der Waals surface area contributed by atoms with E-state index in [-0.39, 0.29) is 24.8 Å². The Bertz CT molecular complexity index is 276. The third-order valence-electron chi connectivity index (χ3n) is 2.24. The number of rotatable bonds is 0. The maximum Gasteiger partial charge on any atom is 0.0408 e. The summed E-state index contributed by atoms with van der Waals surface area (Å²) in [6.07, 6.45) is 3.02. The van der Waals surface area contributed by atoms with Crippen molar-refractivity contribution in [3.05, 3.63) is 29.1 Å². The van der Waals surface area contributed by atoms with E-state index in [1.54, 1.807) is 0 Å². The molecule has 1 aromatic rings. The lowest BCUT2D eigenvalue weighted by Gasteiger charge is -2.17. The van der Waals surface area contributed by atoms with Crippen LogP contribution in [0.15, 0.2) is 12.3 Å². The van der Waals surface area contributed by atoms with Crippen LogP contribution in [-0.4, -0.2) is 11.5 Å². The maximum absolute atomic E-state index is 4.26. The first kappa shape index (κ1) is 12.7. The Morgan fingerprint density at radius 1 is 1.38 bits per heavy atom. The van der Waals surface area contributed by atoms with Gasteiger partial charge in [-0.1, -0.05) is 0 Å². The molecule has 74 valence electrons. The molecule has 0 aliphatic carbocycles.